The van der Waals surface area contributed by atoms with E-state index in [0.717, 1.165) is 31.9 Å². The molecule has 2 aliphatic rings. The summed E-state index contributed by atoms with van der Waals surface area (Å²) in [6, 6.07) is -0.0415. The Balaban J connectivity index is 0.000000202. The lowest BCUT2D eigenvalue weighted by Crippen LogP contribution is -2.39. The fourth-order valence-electron chi connectivity index (χ4n) is 4.05. The van der Waals surface area contributed by atoms with Crippen LogP contribution in [0.4, 0.5) is 0 Å². The molecule has 14 heteroatoms. The number of carboxylic acids is 1. The molecule has 2 aromatic rings. The summed E-state index contributed by atoms with van der Waals surface area (Å²) in [6.07, 6.45) is 5.60. The van der Waals surface area contributed by atoms with E-state index < -0.39 is 24.0 Å². The number of halogens is 4. The molecule has 196 valence electrons. The van der Waals surface area contributed by atoms with Crippen molar-refractivity contribution in [1.82, 2.24) is 19.1 Å². The molecule has 0 saturated carbocycles. The molecule has 4 rings (SSSR count). The number of ether oxygens (including phenoxy) is 1. The number of esters is 1. The highest BCUT2D eigenvalue weighted by atomic mass is 79.9. The van der Waals surface area contributed by atoms with Gasteiger partial charge >= 0.3 is 11.9 Å². The van der Waals surface area contributed by atoms with Gasteiger partial charge in [-0.25, -0.2) is 19.6 Å². The Kier molecular flexibility index (Phi) is 9.05. The number of hydrogen-bond donors (Lipinski definition) is 1. The maximum absolute atomic E-state index is 12.4. The van der Waals surface area contributed by atoms with Crippen molar-refractivity contribution in [2.75, 3.05) is 6.61 Å². The highest BCUT2D eigenvalue weighted by molar-refractivity contribution is 9.25. The Bertz CT molecular complexity index is 1310. The minimum atomic E-state index is -1.25. The number of aromatic nitrogens is 4. The summed E-state index contributed by atoms with van der Waals surface area (Å²) in [5.74, 6) is -0.760. The lowest BCUT2D eigenvalue weighted by Gasteiger charge is -2.32. The molecule has 1 N–H and O–H groups in total. The fraction of sp³-hybridized carbons (Fsp3) is 0.545. The van der Waals surface area contributed by atoms with Crippen molar-refractivity contribution in [2.45, 2.75) is 65.0 Å². The van der Waals surface area contributed by atoms with E-state index in [-0.39, 0.29) is 35.4 Å². The van der Waals surface area contributed by atoms with Crippen molar-refractivity contribution in [3.63, 3.8) is 0 Å². The molecule has 2 atom stereocenters. The van der Waals surface area contributed by atoms with Gasteiger partial charge in [-0.15, -0.1) is 0 Å². The summed E-state index contributed by atoms with van der Waals surface area (Å²) < 4.78 is 6.80. The lowest BCUT2D eigenvalue weighted by molar-refractivity contribution is 0.0521. The van der Waals surface area contributed by atoms with E-state index in [0.29, 0.717) is 11.6 Å². The minimum Gasteiger partial charge on any atom is -0.477 e. The average Bonchev–Trinajstić information content (AvgIpc) is 2.79. The Hall–Kier alpha value is -1.38. The van der Waals surface area contributed by atoms with Crippen LogP contribution >= 0.6 is 63.7 Å². The van der Waals surface area contributed by atoms with Crippen LogP contribution in [0.5, 0.6) is 0 Å². The second kappa shape index (κ2) is 11.2. The number of carboxylic acid groups (broad SMARTS) is 1. The molecule has 0 aromatic carbocycles. The van der Waals surface area contributed by atoms with Gasteiger partial charge in [-0.3, -0.25) is 18.7 Å². The number of hydrogen-bond acceptors (Lipinski definition) is 7. The Labute approximate surface area is 240 Å². The molecule has 0 bridgehead atoms. The predicted octanol–water partition coefficient (Wildman–Crippen LogP) is 4.96. The number of fused-ring (bicyclic) bond motifs is 2. The van der Waals surface area contributed by atoms with Crippen LogP contribution in [0.15, 0.2) is 22.0 Å². The molecule has 4 heterocycles. The van der Waals surface area contributed by atoms with E-state index in [4.69, 9.17) is 9.84 Å². The predicted molar refractivity (Wildman–Crippen MR) is 147 cm³/mol. The van der Waals surface area contributed by atoms with Crippen LogP contribution in [-0.4, -0.2) is 42.8 Å². The summed E-state index contributed by atoms with van der Waals surface area (Å²) in [7, 11) is 0. The maximum Gasteiger partial charge on any atom is 0.345 e. The maximum atomic E-state index is 12.4. The molecule has 0 radical (unpaired) electrons. The van der Waals surface area contributed by atoms with Crippen molar-refractivity contribution in [3.05, 3.63) is 55.9 Å². The first kappa shape index (κ1) is 29.2. The van der Waals surface area contributed by atoms with Gasteiger partial charge in [0, 0.05) is 24.5 Å². The first-order valence-corrected chi connectivity index (χ1v) is 14.3. The number of rotatable bonds is 3. The number of nitrogens with zero attached hydrogens (tertiary/aromatic N) is 4. The fourth-order valence-corrected chi connectivity index (χ4v) is 6.14. The second-order valence-electron chi connectivity index (χ2n) is 8.55. The first-order chi connectivity index (χ1) is 16.7. The van der Waals surface area contributed by atoms with Crippen LogP contribution < -0.4 is 11.1 Å². The normalized spacial score (nSPS) is 21.3. The van der Waals surface area contributed by atoms with E-state index in [1.165, 1.54) is 10.8 Å². The zero-order valence-electron chi connectivity index (χ0n) is 19.6. The smallest absolute Gasteiger partial charge is 0.345 e. The molecule has 2 aliphatic heterocycles. The highest BCUT2D eigenvalue weighted by Gasteiger charge is 2.38. The second-order valence-corrected chi connectivity index (χ2v) is 16.1. The third-order valence-corrected chi connectivity index (χ3v) is 9.00. The monoisotopic (exact) mass is 756 g/mol. The SMILES string of the molecule is CC1CCC(Br)(Br)c2ncc(C(=O)O)c(=O)n21.CCOC(=O)c1cnc2n(c1=O)C(C)CCC2(Br)Br. The van der Waals surface area contributed by atoms with Crippen molar-refractivity contribution in [2.24, 2.45) is 0 Å². The van der Waals surface area contributed by atoms with E-state index in [1.807, 2.05) is 13.8 Å². The summed E-state index contributed by atoms with van der Waals surface area (Å²) in [5.41, 5.74) is -1.16. The summed E-state index contributed by atoms with van der Waals surface area (Å²) >= 11 is 14.0. The van der Waals surface area contributed by atoms with Crippen LogP contribution in [0, 0.1) is 0 Å². The van der Waals surface area contributed by atoms with Gasteiger partial charge in [-0.2, -0.15) is 0 Å². The van der Waals surface area contributed by atoms with E-state index >= 15 is 0 Å². The van der Waals surface area contributed by atoms with Crippen LogP contribution in [0.1, 0.15) is 90.9 Å². The largest absolute Gasteiger partial charge is 0.477 e. The lowest BCUT2D eigenvalue weighted by atomic mass is 10.0. The standard InChI is InChI=1S/C12H14Br2N2O3.C10H10Br2N2O3/c1-3-19-10(18)8-6-15-11-12(13,14)5-4-7(2)16(11)9(8)17;1-5-2-3-10(11,12)9-13-4-6(8(16)17)7(15)14(5)9/h6-7H,3-5H2,1-2H3;4-5H,2-3H2,1H3,(H,16,17). The van der Waals surface area contributed by atoms with Gasteiger partial charge in [-0.1, -0.05) is 63.7 Å². The van der Waals surface area contributed by atoms with Gasteiger partial charge in [0.05, 0.1) is 6.61 Å². The highest BCUT2D eigenvalue weighted by Crippen LogP contribution is 2.47. The third-order valence-electron chi connectivity index (χ3n) is 6.00. The Morgan fingerprint density at radius 3 is 1.78 bits per heavy atom. The quantitative estimate of drug-likeness (QED) is 0.344. The van der Waals surface area contributed by atoms with Gasteiger partial charge in [0.15, 0.2) is 0 Å². The van der Waals surface area contributed by atoms with Gasteiger partial charge in [0.25, 0.3) is 11.1 Å². The molecule has 36 heavy (non-hydrogen) atoms. The van der Waals surface area contributed by atoms with Crippen LogP contribution in [0.25, 0.3) is 0 Å². The van der Waals surface area contributed by atoms with E-state index in [2.05, 4.69) is 73.7 Å². The van der Waals surface area contributed by atoms with E-state index in [1.54, 1.807) is 11.5 Å². The number of carbonyl (C=O) groups is 2. The number of alkyl halides is 4. The zero-order valence-corrected chi connectivity index (χ0v) is 26.0. The van der Waals surface area contributed by atoms with Gasteiger partial charge in [0.2, 0.25) is 0 Å². The molecular weight excluding hydrogens is 736 g/mol. The molecule has 0 amide bonds. The molecule has 2 unspecified atom stereocenters. The summed E-state index contributed by atoms with van der Waals surface area (Å²) in [5, 5.41) is 8.91. The Morgan fingerprint density at radius 2 is 1.36 bits per heavy atom. The summed E-state index contributed by atoms with van der Waals surface area (Å²) in [4.78, 5) is 55.4. The molecule has 0 fully saturated rings. The van der Waals surface area contributed by atoms with Crippen LogP contribution in [-0.2, 0) is 11.2 Å². The topological polar surface area (TPSA) is 133 Å². The molecule has 0 aliphatic carbocycles. The average molecular weight is 760 g/mol. The van der Waals surface area contributed by atoms with Crippen molar-refractivity contribution < 1.29 is 19.4 Å². The molecule has 10 nitrogen and oxygen atoms in total. The van der Waals surface area contributed by atoms with Gasteiger partial charge in [0.1, 0.15) is 29.2 Å². The number of carbonyl (C=O) groups excluding carboxylic acids is 1. The van der Waals surface area contributed by atoms with Crippen molar-refractivity contribution in [1.29, 1.82) is 0 Å². The number of aromatic carboxylic acids is 1. The molecule has 0 saturated heterocycles. The third kappa shape index (κ3) is 5.70. The first-order valence-electron chi connectivity index (χ1n) is 11.1. The molecular formula is C22H24Br4N4O6. The van der Waals surface area contributed by atoms with Gasteiger partial charge in [-0.05, 0) is 46.5 Å². The van der Waals surface area contributed by atoms with Crippen molar-refractivity contribution in [3.8, 4) is 0 Å². The van der Waals surface area contributed by atoms with Crippen molar-refractivity contribution >= 4 is 75.7 Å². The van der Waals surface area contributed by atoms with Crippen LogP contribution in [0.3, 0.4) is 0 Å². The van der Waals surface area contributed by atoms with Crippen LogP contribution in [0.2, 0.25) is 0 Å². The molecule has 0 spiro atoms. The minimum absolute atomic E-state index is 0.00704. The zero-order chi connectivity index (χ0) is 27.0. The molecule has 2 aromatic heterocycles. The summed E-state index contributed by atoms with van der Waals surface area (Å²) in [6.45, 7) is 5.76. The van der Waals surface area contributed by atoms with Gasteiger partial charge < -0.3 is 9.84 Å². The Morgan fingerprint density at radius 1 is 0.944 bits per heavy atom. The van der Waals surface area contributed by atoms with E-state index in [9.17, 15) is 19.2 Å².